The fourth-order valence-corrected chi connectivity index (χ4v) is 7.85. The summed E-state index contributed by atoms with van der Waals surface area (Å²) in [6.45, 7) is 4.89. The van der Waals surface area contributed by atoms with E-state index in [1.807, 2.05) is 13.0 Å². The predicted molar refractivity (Wildman–Crippen MR) is 121 cm³/mol. The van der Waals surface area contributed by atoms with Gasteiger partial charge in [0.2, 0.25) is 5.78 Å². The summed E-state index contributed by atoms with van der Waals surface area (Å²) in [5, 5.41) is 11.6. The van der Waals surface area contributed by atoms with E-state index in [0.717, 1.165) is 31.3 Å². The molecular formula is C27H34O7. The maximum atomic E-state index is 13.6. The molecule has 184 valence electrons. The van der Waals surface area contributed by atoms with Crippen LogP contribution in [0.3, 0.4) is 0 Å². The SMILES string of the molecule is CC(=O)OCC(=O)[C@@]1(OC(=O)C2CC2)CCC2C3CCC4=CC(=O)C=C[C@]4(C)C3[C@@H](O)C[C@@]21C. The lowest BCUT2D eigenvalue weighted by Gasteiger charge is -2.59. The minimum absolute atomic E-state index is 0.0102. The summed E-state index contributed by atoms with van der Waals surface area (Å²) in [5.41, 5.74) is -1.51. The molecule has 7 nitrogen and oxygen atoms in total. The Morgan fingerprint density at radius 2 is 1.88 bits per heavy atom. The van der Waals surface area contributed by atoms with Crippen LogP contribution in [0.15, 0.2) is 23.8 Å². The van der Waals surface area contributed by atoms with Gasteiger partial charge in [-0.1, -0.05) is 25.5 Å². The van der Waals surface area contributed by atoms with Gasteiger partial charge in [-0.3, -0.25) is 19.2 Å². The number of ether oxygens (including phenoxy) is 2. The molecule has 0 saturated heterocycles. The Morgan fingerprint density at radius 3 is 2.56 bits per heavy atom. The Kier molecular flexibility index (Phi) is 5.43. The van der Waals surface area contributed by atoms with Gasteiger partial charge in [0.05, 0.1) is 12.0 Å². The number of aliphatic hydroxyl groups excluding tert-OH is 1. The highest BCUT2D eigenvalue weighted by molar-refractivity contribution is 6.01. The van der Waals surface area contributed by atoms with Crippen molar-refractivity contribution in [2.45, 2.75) is 77.4 Å². The molecule has 4 fully saturated rings. The molecule has 0 aromatic carbocycles. The van der Waals surface area contributed by atoms with Crippen LogP contribution in [0.2, 0.25) is 0 Å². The van der Waals surface area contributed by atoms with Gasteiger partial charge in [-0.2, -0.15) is 0 Å². The van der Waals surface area contributed by atoms with Gasteiger partial charge >= 0.3 is 11.9 Å². The molecule has 5 rings (SSSR count). The summed E-state index contributed by atoms with van der Waals surface area (Å²) in [6.07, 6.45) is 9.04. The van der Waals surface area contributed by atoms with Crippen molar-refractivity contribution in [2.75, 3.05) is 6.61 Å². The van der Waals surface area contributed by atoms with E-state index >= 15 is 0 Å². The third kappa shape index (κ3) is 3.34. The number of esters is 2. The summed E-state index contributed by atoms with van der Waals surface area (Å²) in [5.74, 6) is -1.37. The lowest BCUT2D eigenvalue weighted by Crippen LogP contribution is -2.63. The summed E-state index contributed by atoms with van der Waals surface area (Å²) >= 11 is 0. The van der Waals surface area contributed by atoms with E-state index in [1.54, 1.807) is 12.2 Å². The second-order valence-corrected chi connectivity index (χ2v) is 11.5. The summed E-state index contributed by atoms with van der Waals surface area (Å²) in [6, 6.07) is 0. The lowest BCUT2D eigenvalue weighted by atomic mass is 9.46. The molecule has 0 bridgehead atoms. The molecule has 0 aromatic heterocycles. The first-order chi connectivity index (χ1) is 16.0. The number of rotatable bonds is 5. The number of carbonyl (C=O) groups excluding carboxylic acids is 4. The Hall–Kier alpha value is -2.28. The van der Waals surface area contributed by atoms with Crippen molar-refractivity contribution in [2.24, 2.45) is 34.5 Å². The number of Topliss-reactive ketones (excluding diaryl/α,β-unsaturated/α-hetero) is 1. The van der Waals surface area contributed by atoms with Crippen LogP contribution in [0, 0.1) is 34.5 Å². The molecule has 5 aliphatic rings. The summed E-state index contributed by atoms with van der Waals surface area (Å²) in [7, 11) is 0. The fraction of sp³-hybridized carbons (Fsp3) is 0.704. The van der Waals surface area contributed by atoms with Crippen LogP contribution in [0.5, 0.6) is 0 Å². The molecule has 0 aromatic rings. The number of allylic oxidation sites excluding steroid dienone is 4. The van der Waals surface area contributed by atoms with Gasteiger partial charge in [-0.05, 0) is 68.9 Å². The highest BCUT2D eigenvalue weighted by Crippen LogP contribution is 2.68. The Balaban J connectivity index is 1.51. The smallest absolute Gasteiger partial charge is 0.309 e. The molecule has 0 aliphatic heterocycles. The van der Waals surface area contributed by atoms with Gasteiger partial charge in [-0.25, -0.2) is 0 Å². The maximum absolute atomic E-state index is 13.6. The Labute approximate surface area is 199 Å². The largest absolute Gasteiger partial charge is 0.458 e. The molecule has 34 heavy (non-hydrogen) atoms. The van der Waals surface area contributed by atoms with Crippen LogP contribution in [0.25, 0.3) is 0 Å². The van der Waals surface area contributed by atoms with E-state index in [0.29, 0.717) is 19.3 Å². The maximum Gasteiger partial charge on any atom is 0.309 e. The molecule has 7 heteroatoms. The van der Waals surface area contributed by atoms with Crippen molar-refractivity contribution in [3.63, 3.8) is 0 Å². The highest BCUT2D eigenvalue weighted by Gasteiger charge is 2.70. The van der Waals surface area contributed by atoms with Crippen LogP contribution < -0.4 is 0 Å². The molecule has 0 heterocycles. The first-order valence-electron chi connectivity index (χ1n) is 12.5. The van der Waals surface area contributed by atoms with Gasteiger partial charge in [0, 0.05) is 23.7 Å². The van der Waals surface area contributed by atoms with Crippen molar-refractivity contribution in [1.29, 1.82) is 0 Å². The molecule has 0 spiro atoms. The molecule has 0 radical (unpaired) electrons. The number of aliphatic hydroxyl groups is 1. The van der Waals surface area contributed by atoms with Gasteiger partial charge in [0.15, 0.2) is 18.0 Å². The van der Waals surface area contributed by atoms with Crippen LogP contribution >= 0.6 is 0 Å². The second-order valence-electron chi connectivity index (χ2n) is 11.5. The fourth-order valence-electron chi connectivity index (χ4n) is 7.85. The zero-order valence-electron chi connectivity index (χ0n) is 20.2. The van der Waals surface area contributed by atoms with Crippen molar-refractivity contribution < 1.29 is 33.8 Å². The molecule has 4 saturated carbocycles. The number of carbonyl (C=O) groups is 4. The molecular weight excluding hydrogens is 436 g/mol. The topological polar surface area (TPSA) is 107 Å². The van der Waals surface area contributed by atoms with Crippen molar-refractivity contribution in [1.82, 2.24) is 0 Å². The van der Waals surface area contributed by atoms with Crippen LogP contribution in [-0.4, -0.2) is 46.9 Å². The Bertz CT molecular complexity index is 1010. The van der Waals surface area contributed by atoms with Crippen molar-refractivity contribution in [3.05, 3.63) is 23.8 Å². The first-order valence-corrected chi connectivity index (χ1v) is 12.5. The van der Waals surface area contributed by atoms with Crippen molar-refractivity contribution in [3.8, 4) is 0 Å². The zero-order chi connectivity index (χ0) is 24.5. The third-order valence-electron chi connectivity index (χ3n) is 9.66. The molecule has 0 amide bonds. The second kappa shape index (κ2) is 7.87. The highest BCUT2D eigenvalue weighted by atomic mass is 16.6. The third-order valence-corrected chi connectivity index (χ3v) is 9.66. The average molecular weight is 471 g/mol. The Morgan fingerprint density at radius 1 is 1.15 bits per heavy atom. The van der Waals surface area contributed by atoms with Crippen LogP contribution in [0.4, 0.5) is 0 Å². The van der Waals surface area contributed by atoms with Gasteiger partial charge < -0.3 is 14.6 Å². The van der Waals surface area contributed by atoms with E-state index in [-0.39, 0.29) is 35.4 Å². The van der Waals surface area contributed by atoms with E-state index in [9.17, 15) is 24.3 Å². The quantitative estimate of drug-likeness (QED) is 0.615. The van der Waals surface area contributed by atoms with Crippen molar-refractivity contribution >= 4 is 23.5 Å². The van der Waals surface area contributed by atoms with Gasteiger partial charge in [0.25, 0.3) is 0 Å². The van der Waals surface area contributed by atoms with E-state index < -0.39 is 40.9 Å². The van der Waals surface area contributed by atoms with E-state index in [1.165, 1.54) is 6.92 Å². The molecule has 7 atom stereocenters. The van der Waals surface area contributed by atoms with Crippen LogP contribution in [-0.2, 0) is 28.7 Å². The van der Waals surface area contributed by atoms with Gasteiger partial charge in [-0.15, -0.1) is 0 Å². The molecule has 3 unspecified atom stereocenters. The lowest BCUT2D eigenvalue weighted by molar-refractivity contribution is -0.202. The van der Waals surface area contributed by atoms with E-state index in [4.69, 9.17) is 9.47 Å². The first kappa shape index (κ1) is 23.5. The van der Waals surface area contributed by atoms with E-state index in [2.05, 4.69) is 6.92 Å². The predicted octanol–water partition coefficient (Wildman–Crippen LogP) is 3.09. The number of fused-ring (bicyclic) bond motifs is 5. The molecule has 1 N–H and O–H groups in total. The monoisotopic (exact) mass is 470 g/mol. The number of ketones is 2. The number of hydrogen-bond acceptors (Lipinski definition) is 7. The summed E-state index contributed by atoms with van der Waals surface area (Å²) < 4.78 is 11.2. The average Bonchev–Trinajstić information content (AvgIpc) is 3.57. The minimum atomic E-state index is -1.41. The number of hydrogen-bond donors (Lipinski definition) is 1. The normalized spacial score (nSPS) is 42.7. The molecule has 5 aliphatic carbocycles. The summed E-state index contributed by atoms with van der Waals surface area (Å²) in [4.78, 5) is 49.9. The van der Waals surface area contributed by atoms with Gasteiger partial charge in [0.1, 0.15) is 0 Å². The minimum Gasteiger partial charge on any atom is -0.458 e. The zero-order valence-corrected chi connectivity index (χ0v) is 20.2. The van der Waals surface area contributed by atoms with Crippen LogP contribution in [0.1, 0.15) is 65.7 Å². The standard InChI is InChI=1S/C27H34O7/c1-15(28)33-14-22(31)27(34-24(32)16-4-5-16)11-9-20-19-7-6-17-12-18(29)8-10-25(17,2)23(19)21(30)13-26(20,27)3/h8,10,12,16,19-21,23,30H,4-7,9,11,13-14H2,1-3H3/t19?,20?,21-,23?,25-,26-,27-/m0/s1.